The van der Waals surface area contributed by atoms with Gasteiger partial charge < -0.3 is 4.74 Å². The predicted octanol–water partition coefficient (Wildman–Crippen LogP) is 3.24. The van der Waals surface area contributed by atoms with Crippen LogP contribution >= 0.6 is 0 Å². The number of sulfone groups is 1. The molecule has 5 heteroatoms. The van der Waals surface area contributed by atoms with Crippen LogP contribution < -0.4 is 0 Å². The monoisotopic (exact) mass is 330 g/mol. The zero-order valence-electron chi connectivity index (χ0n) is 12.8. The Hall–Kier alpha value is -2.40. The second-order valence-electron chi connectivity index (χ2n) is 4.90. The number of carbonyl (C=O) groups excluding carboxylic acids is 1. The van der Waals surface area contributed by atoms with Gasteiger partial charge in [-0.2, -0.15) is 0 Å². The average Bonchev–Trinajstić information content (AvgIpc) is 2.55. The van der Waals surface area contributed by atoms with Crippen LogP contribution in [-0.2, 0) is 25.1 Å². The quantitative estimate of drug-likeness (QED) is 0.602. The molecule has 0 aliphatic rings. The Morgan fingerprint density at radius 2 is 1.70 bits per heavy atom. The van der Waals surface area contributed by atoms with E-state index in [-0.39, 0.29) is 5.75 Å². The zero-order valence-corrected chi connectivity index (χ0v) is 13.6. The highest BCUT2D eigenvalue weighted by molar-refractivity contribution is 7.90. The van der Waals surface area contributed by atoms with Crippen molar-refractivity contribution in [2.24, 2.45) is 0 Å². The molecule has 0 saturated carbocycles. The lowest BCUT2D eigenvalue weighted by Gasteiger charge is -2.05. The van der Waals surface area contributed by atoms with Gasteiger partial charge in [-0.1, -0.05) is 42.5 Å². The van der Waals surface area contributed by atoms with Crippen LogP contribution in [0.3, 0.4) is 0 Å². The van der Waals surface area contributed by atoms with Crippen molar-refractivity contribution in [3.63, 3.8) is 0 Å². The summed E-state index contributed by atoms with van der Waals surface area (Å²) >= 11 is 0. The van der Waals surface area contributed by atoms with Crippen LogP contribution in [-0.4, -0.2) is 21.0 Å². The van der Waals surface area contributed by atoms with E-state index < -0.39 is 15.8 Å². The maximum Gasteiger partial charge on any atom is 0.330 e. The van der Waals surface area contributed by atoms with Crippen molar-refractivity contribution in [2.75, 3.05) is 6.61 Å². The van der Waals surface area contributed by atoms with Gasteiger partial charge in [0, 0.05) is 6.08 Å². The van der Waals surface area contributed by atoms with Crippen molar-refractivity contribution in [1.82, 2.24) is 0 Å². The van der Waals surface area contributed by atoms with Crippen LogP contribution in [0.15, 0.2) is 65.6 Å². The van der Waals surface area contributed by atoms with Crippen molar-refractivity contribution in [3.05, 3.63) is 71.8 Å². The Bertz CT molecular complexity index is 776. The van der Waals surface area contributed by atoms with E-state index in [0.29, 0.717) is 17.1 Å². The highest BCUT2D eigenvalue weighted by Crippen LogP contribution is 2.16. The van der Waals surface area contributed by atoms with E-state index in [9.17, 15) is 13.2 Å². The largest absolute Gasteiger partial charge is 0.463 e. The van der Waals surface area contributed by atoms with Gasteiger partial charge in [-0.05, 0) is 36.3 Å². The summed E-state index contributed by atoms with van der Waals surface area (Å²) in [5.74, 6) is -0.456. The fraction of sp³-hybridized carbons (Fsp3) is 0.167. The molecule has 0 spiro atoms. The van der Waals surface area contributed by atoms with Crippen LogP contribution in [0.25, 0.3) is 6.08 Å². The molecule has 0 unspecified atom stereocenters. The predicted molar refractivity (Wildman–Crippen MR) is 89.4 cm³/mol. The van der Waals surface area contributed by atoms with Crippen molar-refractivity contribution >= 4 is 21.9 Å². The van der Waals surface area contributed by atoms with Gasteiger partial charge in [-0.25, -0.2) is 13.2 Å². The van der Waals surface area contributed by atoms with Crippen LogP contribution in [0.2, 0.25) is 0 Å². The first-order chi connectivity index (χ1) is 11.0. The third kappa shape index (κ3) is 5.07. The van der Waals surface area contributed by atoms with Crippen molar-refractivity contribution < 1.29 is 17.9 Å². The Balaban J connectivity index is 2.07. The molecule has 0 radical (unpaired) electrons. The number of rotatable bonds is 6. The molecule has 2 rings (SSSR count). The summed E-state index contributed by atoms with van der Waals surface area (Å²) in [6, 6.07) is 15.4. The Morgan fingerprint density at radius 3 is 2.30 bits per heavy atom. The minimum Gasteiger partial charge on any atom is -0.463 e. The number of hydrogen-bond acceptors (Lipinski definition) is 4. The molecule has 0 aliphatic heterocycles. The van der Waals surface area contributed by atoms with E-state index in [4.69, 9.17) is 4.74 Å². The minimum absolute atomic E-state index is 0.0567. The molecule has 120 valence electrons. The third-order valence-corrected chi connectivity index (χ3v) is 4.84. The van der Waals surface area contributed by atoms with Gasteiger partial charge in [0.1, 0.15) is 0 Å². The lowest BCUT2D eigenvalue weighted by atomic mass is 10.1. The van der Waals surface area contributed by atoms with Gasteiger partial charge in [-0.3, -0.25) is 0 Å². The summed E-state index contributed by atoms with van der Waals surface area (Å²) in [5, 5.41) is 0. The summed E-state index contributed by atoms with van der Waals surface area (Å²) in [6.45, 7) is 2.08. The standard InChI is InChI=1S/C18H18O4S/c1-2-22-18(19)13-12-15-8-10-16(11-9-15)14-23(20,21)17-6-4-3-5-7-17/h3-13H,2,14H2,1H3. The second kappa shape index (κ2) is 7.74. The molecule has 0 heterocycles. The normalized spacial score (nSPS) is 11.5. The second-order valence-corrected chi connectivity index (χ2v) is 6.89. The maximum absolute atomic E-state index is 12.3. The molecule has 0 amide bonds. The van der Waals surface area contributed by atoms with Crippen molar-refractivity contribution in [3.8, 4) is 0 Å². The van der Waals surface area contributed by atoms with E-state index in [0.717, 1.165) is 5.56 Å². The first-order valence-electron chi connectivity index (χ1n) is 7.23. The van der Waals surface area contributed by atoms with Crippen LogP contribution in [0.5, 0.6) is 0 Å². The van der Waals surface area contributed by atoms with E-state index in [1.807, 2.05) is 0 Å². The fourth-order valence-corrected chi connectivity index (χ4v) is 3.38. The number of benzene rings is 2. The highest BCUT2D eigenvalue weighted by Gasteiger charge is 2.14. The van der Waals surface area contributed by atoms with Crippen LogP contribution in [0.1, 0.15) is 18.1 Å². The number of ether oxygens (including phenoxy) is 1. The molecule has 4 nitrogen and oxygen atoms in total. The number of esters is 1. The van der Waals surface area contributed by atoms with Gasteiger partial charge >= 0.3 is 5.97 Å². The first kappa shape index (κ1) is 17.0. The van der Waals surface area contributed by atoms with Gasteiger partial charge in [-0.15, -0.1) is 0 Å². The smallest absolute Gasteiger partial charge is 0.330 e. The Morgan fingerprint density at radius 1 is 1.04 bits per heavy atom. The third-order valence-electron chi connectivity index (χ3n) is 3.14. The molecule has 0 bridgehead atoms. The van der Waals surface area contributed by atoms with E-state index in [1.165, 1.54) is 6.08 Å². The molecule has 0 saturated heterocycles. The lowest BCUT2D eigenvalue weighted by molar-refractivity contribution is -0.137. The summed E-state index contributed by atoms with van der Waals surface area (Å²) in [7, 11) is -3.35. The van der Waals surface area contributed by atoms with E-state index >= 15 is 0 Å². The molecule has 0 fully saturated rings. The number of carbonyl (C=O) groups is 1. The topological polar surface area (TPSA) is 60.4 Å². The van der Waals surface area contributed by atoms with E-state index in [2.05, 4.69) is 0 Å². The van der Waals surface area contributed by atoms with Crippen LogP contribution in [0.4, 0.5) is 0 Å². The first-order valence-corrected chi connectivity index (χ1v) is 8.88. The van der Waals surface area contributed by atoms with Crippen LogP contribution in [0, 0.1) is 0 Å². The molecular weight excluding hydrogens is 312 g/mol. The van der Waals surface area contributed by atoms with Crippen molar-refractivity contribution in [1.29, 1.82) is 0 Å². The van der Waals surface area contributed by atoms with Gasteiger partial charge in [0.2, 0.25) is 0 Å². The van der Waals surface area contributed by atoms with Gasteiger partial charge in [0.05, 0.1) is 17.3 Å². The molecule has 0 aliphatic carbocycles. The highest BCUT2D eigenvalue weighted by atomic mass is 32.2. The van der Waals surface area contributed by atoms with Crippen molar-refractivity contribution in [2.45, 2.75) is 17.6 Å². The maximum atomic E-state index is 12.3. The molecule has 0 atom stereocenters. The minimum atomic E-state index is -3.35. The summed E-state index contributed by atoms with van der Waals surface area (Å²) in [4.78, 5) is 11.6. The Labute approximate surface area is 136 Å². The molecule has 0 aromatic heterocycles. The van der Waals surface area contributed by atoms with Gasteiger partial charge in [0.15, 0.2) is 9.84 Å². The Kier molecular flexibility index (Phi) is 5.71. The molecule has 0 N–H and O–H groups in total. The summed E-state index contributed by atoms with van der Waals surface area (Å²) < 4.78 is 29.4. The van der Waals surface area contributed by atoms with E-state index in [1.54, 1.807) is 67.6 Å². The lowest BCUT2D eigenvalue weighted by Crippen LogP contribution is -2.04. The fourth-order valence-electron chi connectivity index (χ4n) is 2.01. The average molecular weight is 330 g/mol. The molecule has 23 heavy (non-hydrogen) atoms. The SMILES string of the molecule is CCOC(=O)C=Cc1ccc(CS(=O)(=O)c2ccccc2)cc1. The molecule has 2 aromatic carbocycles. The summed E-state index contributed by atoms with van der Waals surface area (Å²) in [5.41, 5.74) is 1.50. The molecule has 2 aromatic rings. The number of hydrogen-bond donors (Lipinski definition) is 0. The molecular formula is C18H18O4S. The zero-order chi connectivity index (χ0) is 16.7. The van der Waals surface area contributed by atoms with Gasteiger partial charge in [0.25, 0.3) is 0 Å². The summed E-state index contributed by atoms with van der Waals surface area (Å²) in [6.07, 6.45) is 2.98.